The molecule has 2 aromatic carbocycles. The smallest absolute Gasteiger partial charge is 0.186 e. The molecule has 0 aliphatic carbocycles. The molecule has 0 radical (unpaired) electrons. The van der Waals surface area contributed by atoms with Gasteiger partial charge in [-0.05, 0) is 35.6 Å². The minimum atomic E-state index is 0. The molecule has 9 heteroatoms. The number of nitrogens with zero attached hydrogens (tertiary/aromatic N) is 2. The van der Waals surface area contributed by atoms with E-state index in [9.17, 15) is 0 Å². The van der Waals surface area contributed by atoms with Gasteiger partial charge in [0, 0.05) is 39.1 Å². The van der Waals surface area contributed by atoms with E-state index in [0.29, 0.717) is 15.9 Å². The number of nitrogens with one attached hydrogen (secondary N) is 4. The Balaban J connectivity index is 0.00000364. The second-order valence-electron chi connectivity index (χ2n) is 5.08. The number of hydrogen-bond donors (Lipinski definition) is 4. The average molecular weight is 450 g/mol. The van der Waals surface area contributed by atoms with Gasteiger partial charge in [0.25, 0.3) is 0 Å². The maximum Gasteiger partial charge on any atom is 0.186 e. The Hall–Kier alpha value is -2.22. The van der Waals surface area contributed by atoms with E-state index in [4.69, 9.17) is 24.4 Å². The quantitative estimate of drug-likeness (QED) is 0.243. The standard InChI is InChI=1S/C18H20N6S2.Zn/c1-19-17(25)23-21-12-16(22-24-18(26)20-2)15-10-8-14(9-11-15)13-6-4-3-5-7-13;/h3-12H,1-2H3,(H2,19,23,25)(H2,20,24,26);. The Morgan fingerprint density at radius 3 is 1.96 bits per heavy atom. The fourth-order valence-electron chi connectivity index (χ4n) is 2.01. The third-order valence-electron chi connectivity index (χ3n) is 3.37. The molecule has 0 saturated heterocycles. The molecule has 27 heavy (non-hydrogen) atoms. The zero-order valence-corrected chi connectivity index (χ0v) is 19.8. The van der Waals surface area contributed by atoms with E-state index in [1.807, 2.05) is 42.5 Å². The molecule has 0 aromatic heterocycles. The Bertz CT molecular complexity index is 806. The van der Waals surface area contributed by atoms with Crippen LogP contribution < -0.4 is 21.5 Å². The molecule has 4 N–H and O–H groups in total. The minimum Gasteiger partial charge on any atom is -0.364 e. The van der Waals surface area contributed by atoms with Gasteiger partial charge in [-0.15, -0.1) is 0 Å². The third-order valence-corrected chi connectivity index (χ3v) is 3.96. The predicted octanol–water partition coefficient (Wildman–Crippen LogP) is 2.23. The van der Waals surface area contributed by atoms with E-state index >= 15 is 0 Å². The summed E-state index contributed by atoms with van der Waals surface area (Å²) in [7, 11) is 3.44. The molecule has 0 fully saturated rings. The van der Waals surface area contributed by atoms with Gasteiger partial charge >= 0.3 is 0 Å². The summed E-state index contributed by atoms with van der Waals surface area (Å²) in [5, 5.41) is 14.8. The van der Waals surface area contributed by atoms with Crippen molar-refractivity contribution in [1.29, 1.82) is 0 Å². The molecule has 136 valence electrons. The normalized spacial score (nSPS) is 10.7. The fourth-order valence-corrected chi connectivity index (χ4v) is 2.11. The molecule has 0 aliphatic rings. The van der Waals surface area contributed by atoms with Crippen molar-refractivity contribution in [2.45, 2.75) is 0 Å². The average Bonchev–Trinajstić information content (AvgIpc) is 2.70. The Morgan fingerprint density at radius 1 is 0.815 bits per heavy atom. The second-order valence-corrected chi connectivity index (χ2v) is 5.90. The third kappa shape index (κ3) is 7.50. The minimum absolute atomic E-state index is 0. The van der Waals surface area contributed by atoms with Crippen molar-refractivity contribution in [3.63, 3.8) is 0 Å². The van der Waals surface area contributed by atoms with Gasteiger partial charge in [0.2, 0.25) is 0 Å². The van der Waals surface area contributed by atoms with Crippen molar-refractivity contribution in [3.8, 4) is 11.1 Å². The topological polar surface area (TPSA) is 72.8 Å². The molecule has 0 saturated carbocycles. The van der Waals surface area contributed by atoms with Crippen LogP contribution in [0, 0.1) is 0 Å². The summed E-state index contributed by atoms with van der Waals surface area (Å²) in [6.45, 7) is 0. The van der Waals surface area contributed by atoms with Crippen LogP contribution in [-0.4, -0.2) is 36.2 Å². The molecule has 0 bridgehead atoms. The van der Waals surface area contributed by atoms with Gasteiger partial charge in [0.15, 0.2) is 10.2 Å². The van der Waals surface area contributed by atoms with E-state index in [-0.39, 0.29) is 19.5 Å². The number of hydrogen-bond acceptors (Lipinski definition) is 4. The van der Waals surface area contributed by atoms with Crippen LogP contribution in [0.15, 0.2) is 64.8 Å². The predicted molar refractivity (Wildman–Crippen MR) is 116 cm³/mol. The van der Waals surface area contributed by atoms with E-state index in [2.05, 4.69) is 43.8 Å². The summed E-state index contributed by atoms with van der Waals surface area (Å²) in [5.41, 5.74) is 9.24. The van der Waals surface area contributed by atoms with Crippen LogP contribution in [0.25, 0.3) is 11.1 Å². The number of rotatable bonds is 5. The van der Waals surface area contributed by atoms with E-state index < -0.39 is 0 Å². The second kappa shape index (κ2) is 12.2. The van der Waals surface area contributed by atoms with Crippen molar-refractivity contribution >= 4 is 46.6 Å². The molecule has 2 rings (SSSR count). The van der Waals surface area contributed by atoms with Crippen LogP contribution in [0.3, 0.4) is 0 Å². The number of thiocarbonyl (C=S) groups is 2. The molecular weight excluding hydrogens is 430 g/mol. The molecule has 6 nitrogen and oxygen atoms in total. The van der Waals surface area contributed by atoms with Gasteiger partial charge in [-0.3, -0.25) is 10.9 Å². The summed E-state index contributed by atoms with van der Waals surface area (Å²) in [5.74, 6) is 0. The molecule has 2 aromatic rings. The monoisotopic (exact) mass is 448 g/mol. The van der Waals surface area contributed by atoms with Gasteiger partial charge in [-0.25, -0.2) is 0 Å². The van der Waals surface area contributed by atoms with Gasteiger partial charge < -0.3 is 10.6 Å². The Kier molecular flexibility index (Phi) is 10.3. The van der Waals surface area contributed by atoms with Gasteiger partial charge in [-0.2, -0.15) is 10.2 Å². The Morgan fingerprint density at radius 2 is 1.37 bits per heavy atom. The molecule has 0 unspecified atom stereocenters. The first kappa shape index (κ1) is 22.8. The van der Waals surface area contributed by atoms with Crippen molar-refractivity contribution in [1.82, 2.24) is 21.5 Å². The molecule has 0 aliphatic heterocycles. The first-order valence-corrected chi connectivity index (χ1v) is 8.67. The zero-order valence-electron chi connectivity index (χ0n) is 15.2. The summed E-state index contributed by atoms with van der Waals surface area (Å²) in [6, 6.07) is 18.2. The maximum atomic E-state index is 5.06. The summed E-state index contributed by atoms with van der Waals surface area (Å²) in [4.78, 5) is 0. The van der Waals surface area contributed by atoms with Crippen molar-refractivity contribution in [2.75, 3.05) is 14.1 Å². The van der Waals surface area contributed by atoms with Crippen LogP contribution in [0.4, 0.5) is 0 Å². The SMILES string of the molecule is CNC(=S)NN=CC(=NNC(=S)NC)c1ccc(-c2ccccc2)cc1.[Zn]. The summed E-state index contributed by atoms with van der Waals surface area (Å²) < 4.78 is 0. The van der Waals surface area contributed by atoms with Gasteiger partial charge in [0.1, 0.15) is 5.71 Å². The summed E-state index contributed by atoms with van der Waals surface area (Å²) in [6.07, 6.45) is 1.58. The maximum absolute atomic E-state index is 5.06. The van der Waals surface area contributed by atoms with Crippen LogP contribution >= 0.6 is 24.4 Å². The fraction of sp³-hybridized carbons (Fsp3) is 0.111. The molecule has 0 amide bonds. The number of benzene rings is 2. The Labute approximate surface area is 182 Å². The largest absolute Gasteiger partial charge is 0.364 e. The van der Waals surface area contributed by atoms with Crippen LogP contribution in [0.2, 0.25) is 0 Å². The molecule has 0 spiro atoms. The van der Waals surface area contributed by atoms with E-state index in [0.717, 1.165) is 16.7 Å². The van der Waals surface area contributed by atoms with Crippen molar-refractivity contribution in [2.24, 2.45) is 10.2 Å². The van der Waals surface area contributed by atoms with E-state index in [1.54, 1.807) is 20.3 Å². The van der Waals surface area contributed by atoms with Crippen LogP contribution in [-0.2, 0) is 19.5 Å². The zero-order chi connectivity index (χ0) is 18.8. The van der Waals surface area contributed by atoms with Gasteiger partial charge in [0.05, 0.1) is 6.21 Å². The molecule has 0 atom stereocenters. The van der Waals surface area contributed by atoms with Crippen molar-refractivity contribution < 1.29 is 19.5 Å². The van der Waals surface area contributed by atoms with Gasteiger partial charge in [-0.1, -0.05) is 54.6 Å². The van der Waals surface area contributed by atoms with Crippen LogP contribution in [0.5, 0.6) is 0 Å². The first-order chi connectivity index (χ1) is 12.6. The van der Waals surface area contributed by atoms with Crippen molar-refractivity contribution in [3.05, 3.63) is 60.2 Å². The van der Waals surface area contributed by atoms with Crippen LogP contribution in [0.1, 0.15) is 5.56 Å². The molecular formula is C18H20N6S2Zn. The number of hydrazone groups is 2. The first-order valence-electron chi connectivity index (χ1n) is 7.86. The summed E-state index contributed by atoms with van der Waals surface area (Å²) >= 11 is 10.1. The van der Waals surface area contributed by atoms with E-state index in [1.165, 1.54) is 0 Å². The molecule has 0 heterocycles.